The molecule has 1 fully saturated rings. The lowest BCUT2D eigenvalue weighted by Crippen LogP contribution is -2.50. The van der Waals surface area contributed by atoms with E-state index in [0.29, 0.717) is 42.4 Å². The smallest absolute Gasteiger partial charge is 0.407 e. The maximum atomic E-state index is 14.2. The van der Waals surface area contributed by atoms with Gasteiger partial charge in [0.1, 0.15) is 5.60 Å². The molecular weight excluding hydrogens is 624 g/mol. The van der Waals surface area contributed by atoms with Crippen LogP contribution in [0.4, 0.5) is 16.4 Å². The van der Waals surface area contributed by atoms with E-state index < -0.39 is 23.6 Å². The second-order valence-corrected chi connectivity index (χ2v) is 13.6. The highest BCUT2D eigenvalue weighted by Gasteiger charge is 2.35. The van der Waals surface area contributed by atoms with Crippen molar-refractivity contribution in [2.24, 2.45) is 17.6 Å². The molecule has 5 rings (SSSR count). The van der Waals surface area contributed by atoms with E-state index in [-0.39, 0.29) is 24.2 Å². The van der Waals surface area contributed by atoms with Crippen LogP contribution in [0.2, 0.25) is 0 Å². The first-order chi connectivity index (χ1) is 23.4. The van der Waals surface area contributed by atoms with Gasteiger partial charge in [-0.05, 0) is 105 Å². The fourth-order valence-corrected chi connectivity index (χ4v) is 5.84. The number of amides is 3. The number of benzene rings is 2. The predicted molar refractivity (Wildman–Crippen MR) is 185 cm³/mol. The highest BCUT2D eigenvalue weighted by molar-refractivity contribution is 6.17. The second kappa shape index (κ2) is 15.3. The minimum absolute atomic E-state index is 0.203. The number of hydrogen-bond acceptors (Lipinski definition) is 11. The van der Waals surface area contributed by atoms with Gasteiger partial charge in [0.2, 0.25) is 11.9 Å². The number of carbonyl (C=O) groups is 3. The van der Waals surface area contributed by atoms with E-state index in [1.807, 2.05) is 64.0 Å². The Labute approximate surface area is 285 Å². The number of anilines is 2. The summed E-state index contributed by atoms with van der Waals surface area (Å²) in [7, 11) is 3.75. The van der Waals surface area contributed by atoms with E-state index in [1.54, 1.807) is 36.7 Å². The molecule has 2 aromatic carbocycles. The molecular formula is C35H44N10O4. The van der Waals surface area contributed by atoms with Gasteiger partial charge in [-0.15, -0.1) is 5.10 Å². The average molecular weight is 669 g/mol. The maximum absolute atomic E-state index is 14.2. The Morgan fingerprint density at radius 1 is 0.980 bits per heavy atom. The molecule has 1 aliphatic carbocycles. The van der Waals surface area contributed by atoms with E-state index in [1.165, 1.54) is 4.90 Å². The fraction of sp³-hybridized carbons (Fsp3) is 0.429. The molecule has 1 atom stereocenters. The van der Waals surface area contributed by atoms with Crippen LogP contribution in [-0.2, 0) is 20.7 Å². The maximum Gasteiger partial charge on any atom is 0.407 e. The summed E-state index contributed by atoms with van der Waals surface area (Å²) in [4.78, 5) is 52.3. The number of nitrogens with one attached hydrogen (secondary N) is 2. The van der Waals surface area contributed by atoms with Crippen LogP contribution in [0.3, 0.4) is 0 Å². The SMILES string of the molecule is CN(C)c1ncc(-c2cccc(C[C@H](N)C(=O)N(c3ccc(-c4nnn[nH]4)cc3)C(=O)[C@H]3CC[C@H](CNC(=O)OC(C)(C)C)CC3)c2)cn1. The Hall–Kier alpha value is -5.24. The molecule has 258 valence electrons. The molecule has 1 saturated carbocycles. The van der Waals surface area contributed by atoms with Crippen molar-refractivity contribution in [1.29, 1.82) is 0 Å². The highest BCUT2D eigenvalue weighted by atomic mass is 16.6. The lowest BCUT2D eigenvalue weighted by molar-refractivity contribution is -0.130. The van der Waals surface area contributed by atoms with Crippen LogP contribution in [0, 0.1) is 11.8 Å². The van der Waals surface area contributed by atoms with Gasteiger partial charge in [-0.2, -0.15) is 0 Å². The van der Waals surface area contributed by atoms with Crippen LogP contribution in [0.15, 0.2) is 60.9 Å². The molecule has 2 aromatic heterocycles. The van der Waals surface area contributed by atoms with Crippen LogP contribution in [-0.4, -0.2) is 80.8 Å². The molecule has 1 aliphatic rings. The van der Waals surface area contributed by atoms with Crippen LogP contribution in [0.1, 0.15) is 52.0 Å². The van der Waals surface area contributed by atoms with Crippen molar-refractivity contribution in [3.05, 3.63) is 66.5 Å². The summed E-state index contributed by atoms with van der Waals surface area (Å²) < 4.78 is 5.35. The summed E-state index contributed by atoms with van der Waals surface area (Å²) in [6.45, 7) is 5.92. The number of imide groups is 1. The molecule has 4 N–H and O–H groups in total. The zero-order chi connectivity index (χ0) is 35.1. The van der Waals surface area contributed by atoms with Gasteiger partial charge < -0.3 is 20.7 Å². The number of tetrazole rings is 1. The van der Waals surface area contributed by atoms with Gasteiger partial charge in [0.15, 0.2) is 5.82 Å². The van der Waals surface area contributed by atoms with Crippen LogP contribution in [0.5, 0.6) is 0 Å². The molecule has 14 nitrogen and oxygen atoms in total. The number of nitrogens with zero attached hydrogens (tertiary/aromatic N) is 7. The average Bonchev–Trinajstić information content (AvgIpc) is 3.63. The van der Waals surface area contributed by atoms with Crippen LogP contribution < -0.4 is 20.9 Å². The third kappa shape index (κ3) is 9.22. The minimum atomic E-state index is -0.987. The van der Waals surface area contributed by atoms with Crippen molar-refractivity contribution in [3.63, 3.8) is 0 Å². The van der Waals surface area contributed by atoms with E-state index >= 15 is 0 Å². The zero-order valence-electron chi connectivity index (χ0n) is 28.6. The summed E-state index contributed by atoms with van der Waals surface area (Å²) >= 11 is 0. The third-order valence-corrected chi connectivity index (χ3v) is 8.39. The normalized spacial score (nSPS) is 16.8. The summed E-state index contributed by atoms with van der Waals surface area (Å²) in [5.41, 5.74) is 9.70. The zero-order valence-corrected chi connectivity index (χ0v) is 28.6. The molecule has 0 spiro atoms. The Morgan fingerprint density at radius 3 is 2.29 bits per heavy atom. The molecule has 14 heteroatoms. The number of alkyl carbamates (subject to hydrolysis) is 1. The first-order valence-corrected chi connectivity index (χ1v) is 16.4. The summed E-state index contributed by atoms with van der Waals surface area (Å²) in [6, 6.07) is 13.6. The lowest BCUT2D eigenvalue weighted by Gasteiger charge is -2.32. The lowest BCUT2D eigenvalue weighted by atomic mass is 9.81. The van der Waals surface area contributed by atoms with E-state index in [0.717, 1.165) is 29.5 Å². The number of carbonyl (C=O) groups excluding carboxylic acids is 3. The van der Waals surface area contributed by atoms with Crippen LogP contribution >= 0.6 is 0 Å². The van der Waals surface area contributed by atoms with Gasteiger partial charge in [0.25, 0.3) is 5.91 Å². The topological polar surface area (TPSA) is 185 Å². The first kappa shape index (κ1) is 35.1. The van der Waals surface area contributed by atoms with Gasteiger partial charge >= 0.3 is 6.09 Å². The molecule has 0 saturated heterocycles. The number of aromatic nitrogens is 6. The van der Waals surface area contributed by atoms with Crippen molar-refractivity contribution < 1.29 is 19.1 Å². The molecule has 2 heterocycles. The van der Waals surface area contributed by atoms with Gasteiger partial charge in [-0.3, -0.25) is 9.59 Å². The molecule has 4 aromatic rings. The van der Waals surface area contributed by atoms with Gasteiger partial charge in [0.05, 0.1) is 11.7 Å². The number of aromatic amines is 1. The number of hydrogen-bond donors (Lipinski definition) is 3. The van der Waals surface area contributed by atoms with Crippen molar-refractivity contribution in [2.45, 2.75) is 64.5 Å². The Morgan fingerprint density at radius 2 is 1.67 bits per heavy atom. The van der Waals surface area contributed by atoms with Crippen LogP contribution in [0.25, 0.3) is 22.5 Å². The molecule has 0 unspecified atom stereocenters. The number of nitrogens with two attached hydrogens (primary N) is 1. The van der Waals surface area contributed by atoms with Gasteiger partial charge in [-0.1, -0.05) is 24.3 Å². The Bertz CT molecular complexity index is 1710. The number of ether oxygens (including phenoxy) is 1. The number of H-pyrrole nitrogens is 1. The third-order valence-electron chi connectivity index (χ3n) is 8.39. The van der Waals surface area contributed by atoms with E-state index in [2.05, 4.69) is 35.9 Å². The molecule has 0 aliphatic heterocycles. The second-order valence-electron chi connectivity index (χ2n) is 13.6. The summed E-state index contributed by atoms with van der Waals surface area (Å²) in [5.74, 6) is 0.119. The first-order valence-electron chi connectivity index (χ1n) is 16.4. The number of rotatable bonds is 10. The largest absolute Gasteiger partial charge is 0.444 e. The van der Waals surface area contributed by atoms with E-state index in [4.69, 9.17) is 10.5 Å². The molecule has 0 bridgehead atoms. The van der Waals surface area contributed by atoms with Crippen molar-refractivity contribution >= 4 is 29.5 Å². The van der Waals surface area contributed by atoms with Gasteiger partial charge in [-0.25, -0.2) is 24.8 Å². The minimum Gasteiger partial charge on any atom is -0.444 e. The van der Waals surface area contributed by atoms with Crippen molar-refractivity contribution in [2.75, 3.05) is 30.4 Å². The van der Waals surface area contributed by atoms with Gasteiger partial charge in [0, 0.05) is 50.1 Å². The molecule has 0 radical (unpaired) electrons. The fourth-order valence-electron chi connectivity index (χ4n) is 5.84. The molecule has 3 amide bonds. The predicted octanol–water partition coefficient (Wildman–Crippen LogP) is 4.15. The summed E-state index contributed by atoms with van der Waals surface area (Å²) in [5, 5.41) is 16.7. The highest BCUT2D eigenvalue weighted by Crippen LogP contribution is 2.32. The Kier molecular flexibility index (Phi) is 11.0. The van der Waals surface area contributed by atoms with Crippen molar-refractivity contribution in [3.8, 4) is 22.5 Å². The Balaban J connectivity index is 1.30. The van der Waals surface area contributed by atoms with E-state index in [9.17, 15) is 14.4 Å². The molecule has 49 heavy (non-hydrogen) atoms. The van der Waals surface area contributed by atoms with Crippen molar-refractivity contribution in [1.82, 2.24) is 35.9 Å². The monoisotopic (exact) mass is 668 g/mol. The quantitative estimate of drug-likeness (QED) is 0.220. The standard InChI is InChI=1S/C35H44N10O4/c1-35(2,3)49-34(48)39-19-22-9-11-25(12-10-22)31(46)45(28-15-13-24(14-16-28)30-40-42-43-41-30)32(47)29(36)18-23-7-6-8-26(17-23)27-20-37-33(38-21-27)44(4)5/h6-8,13-17,20-22,25,29H,9-12,18-19,36H2,1-5H3,(H,39,48)(H,40,41,42,43)/t22-,25-,29-/m0/s1. The summed E-state index contributed by atoms with van der Waals surface area (Å²) in [6.07, 6.45) is 5.89.